The Morgan fingerprint density at radius 2 is 1.74 bits per heavy atom. The zero-order valence-electron chi connectivity index (χ0n) is 19.9. The van der Waals surface area contributed by atoms with Crippen molar-refractivity contribution in [3.8, 4) is 0 Å². The maximum Gasteiger partial charge on any atom is 0.151 e. The van der Waals surface area contributed by atoms with E-state index in [-0.39, 0.29) is 11.1 Å². The van der Waals surface area contributed by atoms with Gasteiger partial charge in [-0.15, -0.1) is 10.2 Å². The number of anilines is 1. The van der Waals surface area contributed by atoms with Gasteiger partial charge in [0, 0.05) is 35.9 Å². The fraction of sp³-hybridized carbons (Fsp3) is 0.423. The van der Waals surface area contributed by atoms with Gasteiger partial charge in [-0.2, -0.15) is 0 Å². The smallest absolute Gasteiger partial charge is 0.151 e. The molecule has 0 saturated carbocycles. The number of nitrogens with zero attached hydrogens (tertiary/aromatic N) is 4. The van der Waals surface area contributed by atoms with Crippen LogP contribution in [0, 0.1) is 0 Å². The summed E-state index contributed by atoms with van der Waals surface area (Å²) in [7, 11) is 2.11. The molecule has 2 heterocycles. The lowest BCUT2D eigenvalue weighted by Gasteiger charge is -2.49. The molecule has 1 fully saturated rings. The van der Waals surface area contributed by atoms with Crippen molar-refractivity contribution in [2.75, 3.05) is 11.9 Å². The molecule has 1 aromatic heterocycles. The van der Waals surface area contributed by atoms with Crippen molar-refractivity contribution < 1.29 is 0 Å². The van der Waals surface area contributed by atoms with Crippen LogP contribution in [0.1, 0.15) is 53.2 Å². The summed E-state index contributed by atoms with van der Waals surface area (Å²) in [5.74, 6) is 0.872. The average Bonchev–Trinajstić information content (AvgIpc) is 2.71. The molecule has 0 aromatic carbocycles. The van der Waals surface area contributed by atoms with Gasteiger partial charge in [0.2, 0.25) is 0 Å². The maximum absolute atomic E-state index is 4.53. The molecule has 1 aliphatic heterocycles. The highest BCUT2D eigenvalue weighted by molar-refractivity contribution is 6.11. The topological polar surface area (TPSA) is 53.4 Å². The van der Waals surface area contributed by atoms with Gasteiger partial charge in [-0.05, 0) is 77.3 Å². The molecule has 5 nitrogen and oxygen atoms in total. The molecule has 31 heavy (non-hydrogen) atoms. The molecule has 1 N–H and O–H groups in total. The second-order valence-corrected chi connectivity index (χ2v) is 9.29. The number of piperidine rings is 1. The molecule has 0 atom stereocenters. The Kier molecular flexibility index (Phi) is 7.91. The van der Waals surface area contributed by atoms with Crippen molar-refractivity contribution in [1.29, 1.82) is 0 Å². The van der Waals surface area contributed by atoms with Gasteiger partial charge in [0.25, 0.3) is 0 Å². The zero-order chi connectivity index (χ0) is 23.2. The first-order chi connectivity index (χ1) is 14.6. The summed E-state index contributed by atoms with van der Waals surface area (Å²) in [6.07, 6.45) is 11.1. The summed E-state index contributed by atoms with van der Waals surface area (Å²) in [4.78, 5) is 6.53. The quantitative estimate of drug-likeness (QED) is 0.446. The molecule has 1 aliphatic rings. The van der Waals surface area contributed by atoms with Crippen molar-refractivity contribution in [3.05, 3.63) is 73.6 Å². The van der Waals surface area contributed by atoms with Crippen LogP contribution in [-0.2, 0) is 0 Å². The lowest BCUT2D eigenvalue weighted by atomic mass is 9.79. The van der Waals surface area contributed by atoms with Crippen LogP contribution >= 0.6 is 0 Å². The van der Waals surface area contributed by atoms with Crippen molar-refractivity contribution in [1.82, 2.24) is 15.5 Å². The van der Waals surface area contributed by atoms with Crippen LogP contribution in [0.5, 0.6) is 0 Å². The number of hydrogen-bond donors (Lipinski definition) is 1. The number of aliphatic imine (C=N–C) groups is 1. The third kappa shape index (κ3) is 6.34. The Hall–Kier alpha value is -2.79. The van der Waals surface area contributed by atoms with Gasteiger partial charge in [0.1, 0.15) is 0 Å². The summed E-state index contributed by atoms with van der Waals surface area (Å²) in [5, 5.41) is 12.8. The molecular formula is C26H37N5. The largest absolute Gasteiger partial charge is 0.355 e. The summed E-state index contributed by atoms with van der Waals surface area (Å²) in [6.45, 7) is 22.5. The Balaban J connectivity index is 2.29. The first-order valence-corrected chi connectivity index (χ1v) is 10.7. The van der Waals surface area contributed by atoms with E-state index in [0.29, 0.717) is 6.04 Å². The van der Waals surface area contributed by atoms with Crippen LogP contribution in [0.15, 0.2) is 72.9 Å². The minimum Gasteiger partial charge on any atom is -0.355 e. The Morgan fingerprint density at radius 3 is 2.19 bits per heavy atom. The predicted molar refractivity (Wildman–Crippen MR) is 135 cm³/mol. The Bertz CT molecular complexity index is 884. The molecule has 2 rings (SSSR count). The van der Waals surface area contributed by atoms with Crippen LogP contribution in [0.4, 0.5) is 5.82 Å². The van der Waals surface area contributed by atoms with E-state index < -0.39 is 0 Å². The van der Waals surface area contributed by atoms with E-state index in [1.807, 2.05) is 31.2 Å². The van der Waals surface area contributed by atoms with E-state index in [2.05, 4.69) is 79.9 Å². The molecule has 0 unspecified atom stereocenters. The van der Waals surface area contributed by atoms with Crippen molar-refractivity contribution in [3.63, 3.8) is 0 Å². The number of nitrogens with one attached hydrogen (secondary N) is 1. The molecule has 1 saturated heterocycles. The average molecular weight is 420 g/mol. The molecule has 5 heteroatoms. The van der Waals surface area contributed by atoms with Gasteiger partial charge in [-0.3, -0.25) is 4.99 Å². The van der Waals surface area contributed by atoms with E-state index in [1.165, 1.54) is 6.20 Å². The molecule has 0 bridgehead atoms. The lowest BCUT2D eigenvalue weighted by Crippen LogP contribution is -2.62. The van der Waals surface area contributed by atoms with Crippen molar-refractivity contribution in [2.24, 2.45) is 4.99 Å². The van der Waals surface area contributed by atoms with Crippen LogP contribution < -0.4 is 10.2 Å². The van der Waals surface area contributed by atoms with Crippen LogP contribution in [0.25, 0.3) is 5.57 Å². The van der Waals surface area contributed by atoms with Crippen LogP contribution in [0.3, 0.4) is 0 Å². The monoisotopic (exact) mass is 419 g/mol. The summed E-state index contributed by atoms with van der Waals surface area (Å²) < 4.78 is 0. The van der Waals surface area contributed by atoms with Crippen molar-refractivity contribution >= 4 is 17.1 Å². The standard InChI is InChI=1S/C26H37N5/c1-10-19(22(12-3)27-13-4)16-20(11-2)23-14-15-24(29-28-23)31(9)21-17-25(5,6)30-26(7,8)18-21/h10-16,21,30H,2-4,17-18H2,1,5-9H3/b19-10-,20-16+,27-22?. The predicted octanol–water partition coefficient (Wildman–Crippen LogP) is 5.51. The number of allylic oxidation sites excluding steroid dienone is 6. The first kappa shape index (κ1) is 24.5. The Morgan fingerprint density at radius 1 is 1.10 bits per heavy atom. The lowest BCUT2D eigenvalue weighted by molar-refractivity contribution is 0.160. The van der Waals surface area contributed by atoms with Gasteiger partial charge >= 0.3 is 0 Å². The van der Waals surface area contributed by atoms with E-state index >= 15 is 0 Å². The molecule has 0 aliphatic carbocycles. The second kappa shape index (κ2) is 10.0. The third-order valence-corrected chi connectivity index (χ3v) is 5.59. The highest BCUT2D eigenvalue weighted by Gasteiger charge is 2.39. The second-order valence-electron chi connectivity index (χ2n) is 9.29. The molecule has 166 valence electrons. The Labute approximate surface area is 188 Å². The van der Waals surface area contributed by atoms with Gasteiger partial charge in [-0.25, -0.2) is 0 Å². The summed E-state index contributed by atoms with van der Waals surface area (Å²) in [5.41, 5.74) is 3.46. The van der Waals surface area contributed by atoms with Gasteiger partial charge in [-0.1, -0.05) is 31.9 Å². The van der Waals surface area contributed by atoms with E-state index in [0.717, 1.165) is 41.2 Å². The fourth-order valence-corrected chi connectivity index (χ4v) is 4.45. The molecule has 0 radical (unpaired) electrons. The number of hydrogen-bond acceptors (Lipinski definition) is 5. The molecule has 1 aromatic rings. The van der Waals surface area contributed by atoms with E-state index in [4.69, 9.17) is 0 Å². The van der Waals surface area contributed by atoms with Crippen LogP contribution in [-0.4, -0.2) is 40.1 Å². The minimum atomic E-state index is 0.0749. The molecule has 0 spiro atoms. The number of aromatic nitrogens is 2. The minimum absolute atomic E-state index is 0.0749. The SMILES string of the molecule is C=CN=C(C=C)C(=C\C)/C=C(\C=C)c1ccc(N(C)C2CC(C)(C)NC(C)(C)C2)nn1. The number of rotatable bonds is 8. The highest BCUT2D eigenvalue weighted by atomic mass is 15.3. The fourth-order valence-electron chi connectivity index (χ4n) is 4.45. The summed E-state index contributed by atoms with van der Waals surface area (Å²) >= 11 is 0. The zero-order valence-corrected chi connectivity index (χ0v) is 19.9. The van der Waals surface area contributed by atoms with Gasteiger partial charge in [0.15, 0.2) is 5.82 Å². The van der Waals surface area contributed by atoms with Gasteiger partial charge in [0.05, 0.1) is 11.4 Å². The van der Waals surface area contributed by atoms with E-state index in [9.17, 15) is 0 Å². The highest BCUT2D eigenvalue weighted by Crippen LogP contribution is 2.32. The molecule has 0 amide bonds. The van der Waals surface area contributed by atoms with Gasteiger partial charge < -0.3 is 10.2 Å². The molecular weight excluding hydrogens is 382 g/mol. The normalized spacial score (nSPS) is 19.6. The summed E-state index contributed by atoms with van der Waals surface area (Å²) in [6, 6.07) is 4.42. The van der Waals surface area contributed by atoms with Crippen LogP contribution in [0.2, 0.25) is 0 Å². The van der Waals surface area contributed by atoms with E-state index in [1.54, 1.807) is 12.2 Å². The van der Waals surface area contributed by atoms with Crippen molar-refractivity contribution in [2.45, 2.75) is 64.6 Å². The first-order valence-electron chi connectivity index (χ1n) is 10.7. The maximum atomic E-state index is 4.53. The third-order valence-electron chi connectivity index (χ3n) is 5.59.